The molecule has 2 rings (SSSR count). The van der Waals surface area contributed by atoms with Crippen LogP contribution >= 0.6 is 0 Å². The smallest absolute Gasteiger partial charge is 0.282 e. The third-order valence-corrected chi connectivity index (χ3v) is 4.39. The molecule has 0 atom stereocenters. The van der Waals surface area contributed by atoms with Gasteiger partial charge in [0.25, 0.3) is 10.1 Å². The minimum atomic E-state index is -4.14. The van der Waals surface area contributed by atoms with E-state index in [-0.39, 0.29) is 4.90 Å². The van der Waals surface area contributed by atoms with Gasteiger partial charge < -0.3 is 0 Å². The first kappa shape index (κ1) is 15.0. The van der Waals surface area contributed by atoms with Gasteiger partial charge in [0.15, 0.2) is 0 Å². The molecule has 0 aliphatic carbocycles. The van der Waals surface area contributed by atoms with Gasteiger partial charge in [-0.25, -0.2) is 0 Å². The number of hydrogen-bond donors (Lipinski definition) is 1. The molecular formula is C16H20O3S. The number of benzene rings is 2. The lowest BCUT2D eigenvalue weighted by atomic mass is 9.99. The Kier molecular flexibility index (Phi) is 4.78. The van der Waals surface area contributed by atoms with Gasteiger partial charge in [-0.1, -0.05) is 50.5 Å². The SMILES string of the molecule is CCCCCCc1cccc2ccc(S(=O)(=O)O)cc12. The topological polar surface area (TPSA) is 54.4 Å². The monoisotopic (exact) mass is 292 g/mol. The first-order valence-electron chi connectivity index (χ1n) is 7.01. The standard InChI is InChI=1S/C16H20O3S/c1-2-3-4-5-7-13-8-6-9-14-10-11-15(12-16(13)14)20(17,18)19/h6,8-12H,2-5,7H2,1H3,(H,17,18,19). The van der Waals surface area contributed by atoms with Gasteiger partial charge in [0.05, 0.1) is 4.90 Å². The molecule has 0 aliphatic rings. The summed E-state index contributed by atoms with van der Waals surface area (Å²) in [5.74, 6) is 0. The minimum absolute atomic E-state index is 0.0361. The molecule has 0 unspecified atom stereocenters. The minimum Gasteiger partial charge on any atom is -0.282 e. The molecule has 0 saturated heterocycles. The van der Waals surface area contributed by atoms with E-state index in [4.69, 9.17) is 4.55 Å². The highest BCUT2D eigenvalue weighted by Gasteiger charge is 2.11. The normalized spacial score (nSPS) is 11.9. The van der Waals surface area contributed by atoms with Crippen molar-refractivity contribution >= 4 is 20.9 Å². The van der Waals surface area contributed by atoms with Crippen LogP contribution in [0.3, 0.4) is 0 Å². The highest BCUT2D eigenvalue weighted by atomic mass is 32.2. The van der Waals surface area contributed by atoms with Crippen LogP contribution in [0.5, 0.6) is 0 Å². The Bertz CT molecular complexity index is 690. The summed E-state index contributed by atoms with van der Waals surface area (Å²) in [5.41, 5.74) is 1.14. The maximum absolute atomic E-state index is 11.2. The molecule has 4 heteroatoms. The van der Waals surface area contributed by atoms with Crippen molar-refractivity contribution in [1.82, 2.24) is 0 Å². The van der Waals surface area contributed by atoms with Crippen molar-refractivity contribution in [2.45, 2.75) is 43.9 Å². The lowest BCUT2D eigenvalue weighted by Gasteiger charge is -2.08. The fraction of sp³-hybridized carbons (Fsp3) is 0.375. The van der Waals surface area contributed by atoms with Crippen molar-refractivity contribution in [1.29, 1.82) is 0 Å². The molecule has 108 valence electrons. The Balaban J connectivity index is 2.34. The highest BCUT2D eigenvalue weighted by molar-refractivity contribution is 7.85. The Hall–Kier alpha value is -1.39. The average molecular weight is 292 g/mol. The highest BCUT2D eigenvalue weighted by Crippen LogP contribution is 2.24. The molecule has 0 aromatic heterocycles. The van der Waals surface area contributed by atoms with E-state index < -0.39 is 10.1 Å². The van der Waals surface area contributed by atoms with Crippen molar-refractivity contribution in [2.24, 2.45) is 0 Å². The summed E-state index contributed by atoms with van der Waals surface area (Å²) in [4.78, 5) is -0.0361. The van der Waals surface area contributed by atoms with Gasteiger partial charge in [0.1, 0.15) is 0 Å². The van der Waals surface area contributed by atoms with Crippen molar-refractivity contribution in [3.63, 3.8) is 0 Å². The molecule has 0 radical (unpaired) electrons. The first-order valence-corrected chi connectivity index (χ1v) is 8.45. The van der Waals surface area contributed by atoms with E-state index in [1.54, 1.807) is 12.1 Å². The van der Waals surface area contributed by atoms with E-state index in [1.165, 1.54) is 25.3 Å². The Morgan fingerprint density at radius 1 is 1.05 bits per heavy atom. The molecule has 20 heavy (non-hydrogen) atoms. The Morgan fingerprint density at radius 2 is 1.85 bits per heavy atom. The van der Waals surface area contributed by atoms with Gasteiger partial charge in [-0.2, -0.15) is 8.42 Å². The summed E-state index contributed by atoms with van der Waals surface area (Å²) in [6.07, 6.45) is 5.64. The van der Waals surface area contributed by atoms with E-state index in [0.29, 0.717) is 0 Å². The average Bonchev–Trinajstić information content (AvgIpc) is 2.42. The van der Waals surface area contributed by atoms with E-state index in [1.807, 2.05) is 18.2 Å². The van der Waals surface area contributed by atoms with E-state index in [0.717, 1.165) is 29.2 Å². The predicted molar refractivity (Wildman–Crippen MR) is 81.6 cm³/mol. The van der Waals surface area contributed by atoms with E-state index in [2.05, 4.69) is 6.92 Å². The molecule has 0 bridgehead atoms. The molecular weight excluding hydrogens is 272 g/mol. The predicted octanol–water partition coefficient (Wildman–Crippen LogP) is 4.21. The number of hydrogen-bond acceptors (Lipinski definition) is 2. The summed E-state index contributed by atoms with van der Waals surface area (Å²) in [6.45, 7) is 2.18. The lowest BCUT2D eigenvalue weighted by molar-refractivity contribution is 0.483. The van der Waals surface area contributed by atoms with Crippen molar-refractivity contribution in [2.75, 3.05) is 0 Å². The maximum Gasteiger partial charge on any atom is 0.294 e. The van der Waals surface area contributed by atoms with Gasteiger partial charge in [-0.3, -0.25) is 4.55 Å². The summed E-state index contributed by atoms with van der Waals surface area (Å²) in [7, 11) is -4.14. The number of unbranched alkanes of at least 4 members (excludes halogenated alkanes) is 3. The number of aryl methyl sites for hydroxylation is 1. The van der Waals surface area contributed by atoms with Crippen LogP contribution in [0, 0.1) is 0 Å². The van der Waals surface area contributed by atoms with Crippen LogP contribution in [-0.2, 0) is 16.5 Å². The fourth-order valence-corrected chi connectivity index (χ4v) is 2.94. The second-order valence-electron chi connectivity index (χ2n) is 5.09. The second-order valence-corrected chi connectivity index (χ2v) is 6.51. The molecule has 0 heterocycles. The number of fused-ring (bicyclic) bond motifs is 1. The van der Waals surface area contributed by atoms with E-state index >= 15 is 0 Å². The van der Waals surface area contributed by atoms with Crippen LogP contribution in [0.15, 0.2) is 41.3 Å². The Morgan fingerprint density at radius 3 is 2.55 bits per heavy atom. The summed E-state index contributed by atoms with van der Waals surface area (Å²) < 4.78 is 31.6. The lowest BCUT2D eigenvalue weighted by Crippen LogP contribution is -1.98. The van der Waals surface area contributed by atoms with Crippen LogP contribution in [0.4, 0.5) is 0 Å². The van der Waals surface area contributed by atoms with Crippen LogP contribution in [0.2, 0.25) is 0 Å². The van der Waals surface area contributed by atoms with Gasteiger partial charge in [-0.15, -0.1) is 0 Å². The van der Waals surface area contributed by atoms with Crippen LogP contribution < -0.4 is 0 Å². The fourth-order valence-electron chi connectivity index (χ4n) is 2.44. The molecule has 0 aliphatic heterocycles. The van der Waals surface area contributed by atoms with Crippen molar-refractivity contribution in [3.05, 3.63) is 42.0 Å². The number of rotatable bonds is 6. The van der Waals surface area contributed by atoms with Gasteiger partial charge in [-0.05, 0) is 41.3 Å². The van der Waals surface area contributed by atoms with Crippen LogP contribution in [-0.4, -0.2) is 13.0 Å². The molecule has 0 spiro atoms. The molecule has 0 saturated carbocycles. The van der Waals surface area contributed by atoms with Gasteiger partial charge in [0.2, 0.25) is 0 Å². The zero-order valence-electron chi connectivity index (χ0n) is 11.7. The van der Waals surface area contributed by atoms with Crippen LogP contribution in [0.1, 0.15) is 38.2 Å². The zero-order chi connectivity index (χ0) is 14.6. The molecule has 1 N–H and O–H groups in total. The molecule has 2 aromatic carbocycles. The molecule has 0 fully saturated rings. The quantitative estimate of drug-likeness (QED) is 0.641. The largest absolute Gasteiger partial charge is 0.294 e. The summed E-state index contributed by atoms with van der Waals surface area (Å²) >= 11 is 0. The second kappa shape index (κ2) is 6.37. The van der Waals surface area contributed by atoms with Crippen LogP contribution in [0.25, 0.3) is 10.8 Å². The first-order chi connectivity index (χ1) is 9.52. The third-order valence-electron chi connectivity index (χ3n) is 3.54. The van der Waals surface area contributed by atoms with Gasteiger partial charge >= 0.3 is 0 Å². The Labute approximate surface area is 120 Å². The van der Waals surface area contributed by atoms with E-state index in [9.17, 15) is 8.42 Å². The molecule has 2 aromatic rings. The van der Waals surface area contributed by atoms with Crippen molar-refractivity contribution < 1.29 is 13.0 Å². The molecule has 0 amide bonds. The third kappa shape index (κ3) is 3.58. The van der Waals surface area contributed by atoms with Gasteiger partial charge in [0, 0.05) is 0 Å². The maximum atomic E-state index is 11.2. The molecule has 3 nitrogen and oxygen atoms in total. The summed E-state index contributed by atoms with van der Waals surface area (Å²) in [6, 6.07) is 10.7. The van der Waals surface area contributed by atoms with Crippen molar-refractivity contribution in [3.8, 4) is 0 Å². The summed E-state index contributed by atoms with van der Waals surface area (Å²) in [5, 5.41) is 1.92. The zero-order valence-corrected chi connectivity index (χ0v) is 12.5.